The van der Waals surface area contributed by atoms with E-state index in [4.69, 9.17) is 16.0 Å². The summed E-state index contributed by atoms with van der Waals surface area (Å²) in [5.74, 6) is -0.648. The number of hydrogen-bond acceptors (Lipinski definition) is 9. The van der Waals surface area contributed by atoms with Crippen LogP contribution in [0.1, 0.15) is 21.1 Å². The number of halogens is 1. The summed E-state index contributed by atoms with van der Waals surface area (Å²) in [7, 11) is 0. The van der Waals surface area contributed by atoms with Gasteiger partial charge in [-0.05, 0) is 12.1 Å². The maximum absolute atomic E-state index is 12.2. The van der Waals surface area contributed by atoms with E-state index in [-0.39, 0.29) is 17.5 Å². The zero-order valence-electron chi connectivity index (χ0n) is 13.1. The lowest BCUT2D eigenvalue weighted by molar-refractivity contribution is -0.394. The fraction of sp³-hybridized carbons (Fsp3) is 0.0714. The van der Waals surface area contributed by atoms with E-state index in [9.17, 15) is 25.0 Å². The third kappa shape index (κ3) is 4.43. The monoisotopic (exact) mass is 409 g/mol. The highest BCUT2D eigenvalue weighted by molar-refractivity contribution is 7.16. The number of hydrogen-bond donors (Lipinski definition) is 1. The quantitative estimate of drug-likeness (QED) is 0.479. The Bertz CT molecular complexity index is 1020. The summed E-state index contributed by atoms with van der Waals surface area (Å²) >= 11 is 7.17. The third-order valence-corrected chi connectivity index (χ3v) is 4.46. The minimum atomic E-state index is -0.865. The van der Waals surface area contributed by atoms with Crippen molar-refractivity contribution in [3.63, 3.8) is 0 Å². The van der Waals surface area contributed by atoms with Crippen LogP contribution in [0.3, 0.4) is 0 Å². The maximum Gasteiger partial charge on any atom is 0.322 e. The van der Waals surface area contributed by atoms with E-state index in [1.54, 1.807) is 12.1 Å². The van der Waals surface area contributed by atoms with Gasteiger partial charge in [0.25, 0.3) is 17.3 Å². The molecule has 0 bridgehead atoms. The number of aromatic nitrogens is 2. The van der Waals surface area contributed by atoms with Crippen LogP contribution in [0.25, 0.3) is 0 Å². The first-order chi connectivity index (χ1) is 12.8. The average molecular weight is 410 g/mol. The first kappa shape index (κ1) is 18.4. The van der Waals surface area contributed by atoms with E-state index in [1.807, 2.05) is 0 Å². The number of benzene rings is 1. The number of carbonyl (C=O) groups is 1. The number of nitrogens with zero attached hydrogens (tertiary/aromatic N) is 4. The molecule has 138 valence electrons. The lowest BCUT2D eigenvalue weighted by Gasteiger charge is -2.01. The fourth-order valence-corrected chi connectivity index (χ4v) is 3.16. The summed E-state index contributed by atoms with van der Waals surface area (Å²) in [5.41, 5.74) is -1.47. The molecule has 0 fully saturated rings. The van der Waals surface area contributed by atoms with Crippen LogP contribution >= 0.6 is 22.9 Å². The molecule has 3 aromatic rings. The molecular weight excluding hydrogens is 402 g/mol. The second kappa shape index (κ2) is 7.47. The molecule has 0 radical (unpaired) electrons. The Morgan fingerprint density at radius 2 is 1.81 bits per heavy atom. The predicted molar refractivity (Wildman–Crippen MR) is 94.1 cm³/mol. The Kier molecular flexibility index (Phi) is 5.09. The van der Waals surface area contributed by atoms with E-state index in [0.29, 0.717) is 10.8 Å². The van der Waals surface area contributed by atoms with Crippen molar-refractivity contribution in [1.29, 1.82) is 0 Å². The standard InChI is InChI=1S/C14H8ClN5O6S/c15-11-2-1-10(27-11)6-12-17-18-14(26-12)16-13(21)7-3-8(19(22)23)5-9(4-7)20(24)25/h1-5H,6H2,(H,16,18,21). The highest BCUT2D eigenvalue weighted by Gasteiger charge is 2.21. The average Bonchev–Trinajstić information content (AvgIpc) is 3.23. The van der Waals surface area contributed by atoms with Crippen molar-refractivity contribution in [3.05, 3.63) is 71.2 Å². The Morgan fingerprint density at radius 1 is 1.15 bits per heavy atom. The molecule has 2 aromatic heterocycles. The summed E-state index contributed by atoms with van der Waals surface area (Å²) < 4.78 is 5.89. The van der Waals surface area contributed by atoms with Crippen molar-refractivity contribution in [2.24, 2.45) is 0 Å². The van der Waals surface area contributed by atoms with Crippen LogP contribution in [0.5, 0.6) is 0 Å². The smallest absolute Gasteiger partial charge is 0.322 e. The number of thiophene rings is 1. The molecule has 1 N–H and O–H groups in total. The molecule has 0 saturated heterocycles. The van der Waals surface area contributed by atoms with E-state index < -0.39 is 27.1 Å². The number of non-ortho nitro benzene ring substituents is 2. The first-order valence-electron chi connectivity index (χ1n) is 7.13. The van der Waals surface area contributed by atoms with Gasteiger partial charge in [-0.2, -0.15) is 0 Å². The van der Waals surface area contributed by atoms with Gasteiger partial charge in [-0.25, -0.2) is 0 Å². The number of carbonyl (C=O) groups excluding carboxylic acids is 1. The molecule has 0 aliphatic carbocycles. The number of rotatable bonds is 6. The largest absolute Gasteiger partial charge is 0.407 e. The van der Waals surface area contributed by atoms with Crippen molar-refractivity contribution in [2.75, 3.05) is 5.32 Å². The van der Waals surface area contributed by atoms with Gasteiger partial charge in [0.2, 0.25) is 5.89 Å². The van der Waals surface area contributed by atoms with Gasteiger partial charge in [0, 0.05) is 17.0 Å². The van der Waals surface area contributed by atoms with Crippen LogP contribution in [0.4, 0.5) is 17.4 Å². The maximum atomic E-state index is 12.2. The molecule has 0 spiro atoms. The van der Waals surface area contributed by atoms with Gasteiger partial charge in [-0.1, -0.05) is 16.7 Å². The van der Waals surface area contributed by atoms with Gasteiger partial charge in [0.05, 0.1) is 32.2 Å². The molecule has 1 aromatic carbocycles. The molecule has 0 aliphatic heterocycles. The van der Waals surface area contributed by atoms with Crippen molar-refractivity contribution in [1.82, 2.24) is 10.2 Å². The molecule has 11 nitrogen and oxygen atoms in total. The van der Waals surface area contributed by atoms with Crippen molar-refractivity contribution >= 4 is 46.2 Å². The number of nitrogens with one attached hydrogen (secondary N) is 1. The zero-order valence-corrected chi connectivity index (χ0v) is 14.7. The summed E-state index contributed by atoms with van der Waals surface area (Å²) in [6.07, 6.45) is 0.308. The summed E-state index contributed by atoms with van der Waals surface area (Å²) in [5, 5.41) is 31.5. The fourth-order valence-electron chi connectivity index (χ4n) is 2.08. The molecule has 27 heavy (non-hydrogen) atoms. The number of anilines is 1. The minimum absolute atomic E-state index is 0.217. The van der Waals surface area contributed by atoms with Crippen LogP contribution in [-0.4, -0.2) is 26.0 Å². The Labute approximate surface area is 158 Å². The van der Waals surface area contributed by atoms with Gasteiger partial charge in [-0.15, -0.1) is 16.4 Å². The number of amides is 1. The van der Waals surface area contributed by atoms with Gasteiger partial charge in [0.1, 0.15) is 0 Å². The van der Waals surface area contributed by atoms with Crippen LogP contribution in [0.15, 0.2) is 34.7 Å². The van der Waals surface area contributed by atoms with E-state index in [1.165, 1.54) is 11.3 Å². The van der Waals surface area contributed by atoms with Crippen molar-refractivity contribution in [2.45, 2.75) is 6.42 Å². The highest BCUT2D eigenvalue weighted by Crippen LogP contribution is 2.25. The van der Waals surface area contributed by atoms with Crippen LogP contribution in [0.2, 0.25) is 4.34 Å². The number of nitro groups is 2. The summed E-state index contributed by atoms with van der Waals surface area (Å²) in [6.45, 7) is 0. The third-order valence-electron chi connectivity index (χ3n) is 3.23. The summed E-state index contributed by atoms with van der Waals surface area (Å²) in [4.78, 5) is 33.2. The van der Waals surface area contributed by atoms with Crippen molar-refractivity contribution in [3.8, 4) is 0 Å². The Morgan fingerprint density at radius 3 is 2.37 bits per heavy atom. The first-order valence-corrected chi connectivity index (χ1v) is 8.33. The van der Waals surface area contributed by atoms with Crippen LogP contribution in [-0.2, 0) is 6.42 Å². The lowest BCUT2D eigenvalue weighted by atomic mass is 10.1. The van der Waals surface area contributed by atoms with E-state index in [2.05, 4.69) is 15.5 Å². The Balaban J connectivity index is 1.77. The molecular formula is C14H8ClN5O6S. The normalized spacial score (nSPS) is 10.6. The topological polar surface area (TPSA) is 154 Å². The van der Waals surface area contributed by atoms with Gasteiger partial charge < -0.3 is 4.42 Å². The lowest BCUT2D eigenvalue weighted by Crippen LogP contribution is -2.13. The molecule has 0 atom stereocenters. The summed E-state index contributed by atoms with van der Waals surface area (Å²) in [6, 6.07) is 5.84. The SMILES string of the molecule is O=C(Nc1nnc(Cc2ccc(Cl)s2)o1)c1cc([N+](=O)[O-])cc([N+](=O)[O-])c1. The van der Waals surface area contributed by atoms with E-state index in [0.717, 1.165) is 23.1 Å². The van der Waals surface area contributed by atoms with Crippen molar-refractivity contribution < 1.29 is 19.1 Å². The van der Waals surface area contributed by atoms with Gasteiger partial charge >= 0.3 is 6.01 Å². The van der Waals surface area contributed by atoms with Crippen LogP contribution < -0.4 is 5.32 Å². The molecule has 0 unspecified atom stereocenters. The molecule has 2 heterocycles. The zero-order chi connectivity index (χ0) is 19.6. The second-order valence-corrected chi connectivity index (χ2v) is 6.89. The molecule has 13 heteroatoms. The predicted octanol–water partition coefficient (Wildman–Crippen LogP) is 3.44. The van der Waals surface area contributed by atoms with E-state index >= 15 is 0 Å². The Hall–Kier alpha value is -3.38. The highest BCUT2D eigenvalue weighted by atomic mass is 35.5. The van der Waals surface area contributed by atoms with Gasteiger partial charge in [-0.3, -0.25) is 30.3 Å². The second-order valence-electron chi connectivity index (χ2n) is 5.09. The number of nitro benzene ring substituents is 2. The molecule has 0 aliphatic rings. The van der Waals surface area contributed by atoms with Crippen LogP contribution in [0, 0.1) is 20.2 Å². The molecule has 3 rings (SSSR count). The van der Waals surface area contributed by atoms with Gasteiger partial charge in [0.15, 0.2) is 0 Å². The minimum Gasteiger partial charge on any atom is -0.407 e. The molecule has 1 amide bonds. The molecule has 0 saturated carbocycles.